The normalized spacial score (nSPS) is 18.5. The van der Waals surface area contributed by atoms with E-state index in [0.29, 0.717) is 27.9 Å². The molecule has 3 rings (SSSR count). The molecule has 1 saturated heterocycles. The highest BCUT2D eigenvalue weighted by Gasteiger charge is 2.49. The molecule has 0 spiro atoms. The first-order valence-electron chi connectivity index (χ1n) is 9.53. The molecular weight excluding hydrogens is 406 g/mol. The topological polar surface area (TPSA) is 87.7 Å². The van der Waals surface area contributed by atoms with Crippen molar-refractivity contribution in [2.75, 3.05) is 19.0 Å². The van der Waals surface area contributed by atoms with Gasteiger partial charge in [-0.15, -0.1) is 0 Å². The van der Waals surface area contributed by atoms with Crippen molar-refractivity contribution in [3.05, 3.63) is 58.6 Å². The first kappa shape index (κ1) is 21.6. The molecule has 7 nitrogen and oxygen atoms in total. The largest absolute Gasteiger partial charge is 0.495 e. The Balaban J connectivity index is 1.76. The van der Waals surface area contributed by atoms with Gasteiger partial charge in [-0.2, -0.15) is 0 Å². The number of methoxy groups -OCH3 is 1. The molecule has 0 aromatic heterocycles. The van der Waals surface area contributed by atoms with E-state index in [9.17, 15) is 14.4 Å². The standard InChI is InChI=1S/C22H24ClN3O4/c1-13(2)14-5-7-15(8-6-14)22(3)20(28)26(21(29)25-22)12-19(27)24-17-11-16(23)9-10-18(17)30-4/h5-11,13H,12H2,1-4H3,(H,24,27)(H,25,29). The molecular formula is C22H24ClN3O4. The lowest BCUT2D eigenvalue weighted by atomic mass is 9.90. The Labute approximate surface area is 180 Å². The maximum absolute atomic E-state index is 13.0. The van der Waals surface area contributed by atoms with Crippen LogP contribution in [0.4, 0.5) is 10.5 Å². The zero-order valence-electron chi connectivity index (χ0n) is 17.3. The molecule has 4 amide bonds. The van der Waals surface area contributed by atoms with E-state index < -0.39 is 29.9 Å². The van der Waals surface area contributed by atoms with E-state index in [2.05, 4.69) is 24.5 Å². The highest BCUT2D eigenvalue weighted by Crippen LogP contribution is 2.31. The molecule has 0 saturated carbocycles. The number of hydrogen-bond donors (Lipinski definition) is 2. The summed E-state index contributed by atoms with van der Waals surface area (Å²) in [6.45, 7) is 5.36. The molecule has 8 heteroatoms. The van der Waals surface area contributed by atoms with E-state index in [1.54, 1.807) is 19.1 Å². The second kappa shape index (κ2) is 8.36. The average Bonchev–Trinajstić information content (AvgIpc) is 2.92. The number of anilines is 1. The van der Waals surface area contributed by atoms with Crippen LogP contribution in [0.3, 0.4) is 0 Å². The summed E-state index contributed by atoms with van der Waals surface area (Å²) in [5.41, 5.74) is 0.908. The first-order chi connectivity index (χ1) is 14.2. The Morgan fingerprint density at radius 3 is 2.47 bits per heavy atom. The molecule has 0 radical (unpaired) electrons. The van der Waals surface area contributed by atoms with Crippen LogP contribution in [0.1, 0.15) is 37.8 Å². The van der Waals surface area contributed by atoms with Gasteiger partial charge in [-0.25, -0.2) is 4.79 Å². The monoisotopic (exact) mass is 429 g/mol. The van der Waals surface area contributed by atoms with Gasteiger partial charge in [0.25, 0.3) is 5.91 Å². The molecule has 1 aliphatic rings. The maximum Gasteiger partial charge on any atom is 0.325 e. The summed E-state index contributed by atoms with van der Waals surface area (Å²) >= 11 is 5.97. The van der Waals surface area contributed by atoms with Gasteiger partial charge in [0.15, 0.2) is 0 Å². The van der Waals surface area contributed by atoms with Gasteiger partial charge in [-0.1, -0.05) is 49.7 Å². The minimum atomic E-state index is -1.24. The van der Waals surface area contributed by atoms with Crippen molar-refractivity contribution in [3.8, 4) is 5.75 Å². The second-order valence-electron chi connectivity index (χ2n) is 7.62. The average molecular weight is 430 g/mol. The minimum absolute atomic E-state index is 0.351. The number of carbonyl (C=O) groups is 3. The van der Waals surface area contributed by atoms with Crippen molar-refractivity contribution in [2.45, 2.75) is 32.2 Å². The third-order valence-electron chi connectivity index (χ3n) is 5.17. The molecule has 158 valence electrons. The third kappa shape index (κ3) is 4.11. The van der Waals surface area contributed by atoms with Gasteiger partial charge < -0.3 is 15.4 Å². The Morgan fingerprint density at radius 1 is 1.20 bits per heavy atom. The molecule has 0 bridgehead atoms. The predicted molar refractivity (Wildman–Crippen MR) is 115 cm³/mol. The molecule has 1 unspecified atom stereocenters. The van der Waals surface area contributed by atoms with Gasteiger partial charge in [-0.05, 0) is 42.2 Å². The van der Waals surface area contributed by atoms with Crippen LogP contribution in [0.25, 0.3) is 0 Å². The highest BCUT2D eigenvalue weighted by atomic mass is 35.5. The zero-order chi connectivity index (χ0) is 22.1. The summed E-state index contributed by atoms with van der Waals surface area (Å²) in [6.07, 6.45) is 0. The lowest BCUT2D eigenvalue weighted by Crippen LogP contribution is -2.42. The first-order valence-corrected chi connectivity index (χ1v) is 9.91. The van der Waals surface area contributed by atoms with Crippen LogP contribution in [-0.4, -0.2) is 36.4 Å². The van der Waals surface area contributed by atoms with E-state index in [1.165, 1.54) is 13.2 Å². The van der Waals surface area contributed by atoms with Gasteiger partial charge in [0.2, 0.25) is 5.91 Å². The molecule has 2 aromatic carbocycles. The number of nitrogens with zero attached hydrogens (tertiary/aromatic N) is 1. The number of benzene rings is 2. The van der Waals surface area contributed by atoms with Crippen molar-refractivity contribution in [2.24, 2.45) is 0 Å². The third-order valence-corrected chi connectivity index (χ3v) is 5.40. The summed E-state index contributed by atoms with van der Waals surface area (Å²) in [5.74, 6) is -0.263. The summed E-state index contributed by atoms with van der Waals surface area (Å²) in [5, 5.41) is 5.76. The zero-order valence-corrected chi connectivity index (χ0v) is 18.0. The predicted octanol–water partition coefficient (Wildman–Crippen LogP) is 3.88. The number of urea groups is 1. The number of halogens is 1. The van der Waals surface area contributed by atoms with Gasteiger partial charge in [0.05, 0.1) is 12.8 Å². The SMILES string of the molecule is COc1ccc(Cl)cc1NC(=O)CN1C(=O)NC(C)(c2ccc(C(C)C)cc2)C1=O. The van der Waals surface area contributed by atoms with Gasteiger partial charge >= 0.3 is 6.03 Å². The van der Waals surface area contributed by atoms with Crippen LogP contribution in [0.15, 0.2) is 42.5 Å². The molecule has 1 atom stereocenters. The molecule has 0 aliphatic carbocycles. The summed E-state index contributed by atoms with van der Waals surface area (Å²) < 4.78 is 5.20. The van der Waals surface area contributed by atoms with E-state index in [4.69, 9.17) is 16.3 Å². The minimum Gasteiger partial charge on any atom is -0.495 e. The van der Waals surface area contributed by atoms with Crippen molar-refractivity contribution in [3.63, 3.8) is 0 Å². The van der Waals surface area contributed by atoms with Crippen LogP contribution in [-0.2, 0) is 15.1 Å². The van der Waals surface area contributed by atoms with Crippen LogP contribution < -0.4 is 15.4 Å². The van der Waals surface area contributed by atoms with Crippen LogP contribution >= 0.6 is 11.6 Å². The summed E-state index contributed by atoms with van der Waals surface area (Å²) in [4.78, 5) is 38.9. The van der Waals surface area contributed by atoms with Crippen LogP contribution in [0, 0.1) is 0 Å². The lowest BCUT2D eigenvalue weighted by Gasteiger charge is -2.23. The number of amides is 4. The van der Waals surface area contributed by atoms with Crippen LogP contribution in [0.2, 0.25) is 5.02 Å². The van der Waals surface area contributed by atoms with Crippen molar-refractivity contribution < 1.29 is 19.1 Å². The summed E-state index contributed by atoms with van der Waals surface area (Å²) in [6, 6.07) is 11.7. The smallest absolute Gasteiger partial charge is 0.325 e. The van der Waals surface area contributed by atoms with Crippen molar-refractivity contribution in [1.29, 1.82) is 0 Å². The van der Waals surface area contributed by atoms with E-state index >= 15 is 0 Å². The molecule has 30 heavy (non-hydrogen) atoms. The van der Waals surface area contributed by atoms with Crippen LogP contribution in [0.5, 0.6) is 5.75 Å². The van der Waals surface area contributed by atoms with E-state index in [-0.39, 0.29) is 0 Å². The number of carbonyl (C=O) groups excluding carboxylic acids is 3. The van der Waals surface area contributed by atoms with Gasteiger partial charge in [0.1, 0.15) is 17.8 Å². The number of rotatable bonds is 6. The number of hydrogen-bond acceptors (Lipinski definition) is 4. The highest BCUT2D eigenvalue weighted by molar-refractivity contribution is 6.31. The fraction of sp³-hybridized carbons (Fsp3) is 0.318. The Kier molecular flexibility index (Phi) is 6.03. The van der Waals surface area contributed by atoms with Crippen molar-refractivity contribution in [1.82, 2.24) is 10.2 Å². The lowest BCUT2D eigenvalue weighted by molar-refractivity contribution is -0.133. The fourth-order valence-corrected chi connectivity index (χ4v) is 3.52. The second-order valence-corrected chi connectivity index (χ2v) is 8.05. The Morgan fingerprint density at radius 2 is 1.87 bits per heavy atom. The van der Waals surface area contributed by atoms with E-state index in [0.717, 1.165) is 10.5 Å². The molecule has 2 N–H and O–H groups in total. The molecule has 2 aromatic rings. The quantitative estimate of drug-likeness (QED) is 0.682. The number of imide groups is 1. The molecule has 1 aliphatic heterocycles. The summed E-state index contributed by atoms with van der Waals surface area (Å²) in [7, 11) is 1.46. The van der Waals surface area contributed by atoms with E-state index in [1.807, 2.05) is 24.3 Å². The molecule has 1 fully saturated rings. The Bertz CT molecular complexity index is 990. The number of nitrogens with one attached hydrogen (secondary N) is 2. The molecule has 1 heterocycles. The fourth-order valence-electron chi connectivity index (χ4n) is 3.35. The number of ether oxygens (including phenoxy) is 1. The van der Waals surface area contributed by atoms with Crippen molar-refractivity contribution >= 4 is 35.1 Å². The van der Waals surface area contributed by atoms with Gasteiger partial charge in [0, 0.05) is 5.02 Å². The van der Waals surface area contributed by atoms with Gasteiger partial charge in [-0.3, -0.25) is 14.5 Å². The Hall–Kier alpha value is -3.06. The maximum atomic E-state index is 13.0.